The van der Waals surface area contributed by atoms with E-state index in [1.807, 2.05) is 12.1 Å². The molecule has 1 unspecified atom stereocenters. The van der Waals surface area contributed by atoms with Crippen LogP contribution in [0.25, 0.3) is 0 Å². The fraction of sp³-hybridized carbons (Fsp3) is 0.316. The first kappa shape index (κ1) is 13.7. The van der Waals surface area contributed by atoms with Crippen LogP contribution in [0.5, 0.6) is 0 Å². The summed E-state index contributed by atoms with van der Waals surface area (Å²) in [5.74, 6) is 0. The molecule has 106 valence electrons. The van der Waals surface area contributed by atoms with Crippen molar-refractivity contribution in [1.29, 1.82) is 5.26 Å². The van der Waals surface area contributed by atoms with Crippen LogP contribution in [0.2, 0.25) is 0 Å². The van der Waals surface area contributed by atoms with Gasteiger partial charge in [0.2, 0.25) is 0 Å². The van der Waals surface area contributed by atoms with E-state index in [2.05, 4.69) is 62.5 Å². The topological polar surface area (TPSA) is 35.8 Å². The monoisotopic (exact) mass is 276 g/mol. The number of nitrogens with zero attached hydrogens (tertiary/aromatic N) is 1. The molecular formula is C19H20N2. The average Bonchev–Trinajstić information content (AvgIpc) is 2.89. The van der Waals surface area contributed by atoms with E-state index >= 15 is 0 Å². The lowest BCUT2D eigenvalue weighted by atomic mass is 9.86. The van der Waals surface area contributed by atoms with Gasteiger partial charge in [-0.15, -0.1) is 0 Å². The van der Waals surface area contributed by atoms with Crippen molar-refractivity contribution in [1.82, 2.24) is 0 Å². The molecule has 2 aromatic rings. The van der Waals surface area contributed by atoms with E-state index < -0.39 is 0 Å². The number of nitriles is 1. The molecule has 0 aromatic heterocycles. The van der Waals surface area contributed by atoms with Gasteiger partial charge in [-0.3, -0.25) is 0 Å². The molecule has 2 heteroatoms. The van der Waals surface area contributed by atoms with Crippen molar-refractivity contribution in [3.05, 3.63) is 64.7 Å². The quantitative estimate of drug-likeness (QED) is 0.828. The van der Waals surface area contributed by atoms with E-state index in [0.717, 1.165) is 12.1 Å². The maximum absolute atomic E-state index is 8.98. The van der Waals surface area contributed by atoms with Gasteiger partial charge in [-0.25, -0.2) is 0 Å². The zero-order valence-corrected chi connectivity index (χ0v) is 12.8. The smallest absolute Gasteiger partial charge is 0.0992 e. The largest absolute Gasteiger partial charge is 0.378 e. The average molecular weight is 276 g/mol. The summed E-state index contributed by atoms with van der Waals surface area (Å²) in [6.07, 6.45) is 0.982. The Bertz CT molecular complexity index is 700. The first-order valence-electron chi connectivity index (χ1n) is 7.37. The zero-order valence-electron chi connectivity index (χ0n) is 12.8. The Kier molecular flexibility index (Phi) is 3.22. The van der Waals surface area contributed by atoms with Gasteiger partial charge in [0, 0.05) is 5.69 Å². The van der Waals surface area contributed by atoms with Crippen LogP contribution < -0.4 is 5.32 Å². The lowest BCUT2D eigenvalue weighted by molar-refractivity contribution is 0.589. The maximum Gasteiger partial charge on any atom is 0.0992 e. The molecule has 1 aliphatic rings. The molecule has 0 saturated carbocycles. The normalized spacial score (nSPS) is 17.0. The molecule has 1 N–H and O–H groups in total. The van der Waals surface area contributed by atoms with Crippen LogP contribution in [0.3, 0.4) is 0 Å². The van der Waals surface area contributed by atoms with Gasteiger partial charge in [-0.1, -0.05) is 51.1 Å². The Hall–Kier alpha value is -2.27. The summed E-state index contributed by atoms with van der Waals surface area (Å²) >= 11 is 0. The molecular weight excluding hydrogens is 256 g/mol. The lowest BCUT2D eigenvalue weighted by Gasteiger charge is -2.20. The molecule has 0 spiro atoms. The van der Waals surface area contributed by atoms with Gasteiger partial charge < -0.3 is 5.32 Å². The van der Waals surface area contributed by atoms with Crippen LogP contribution in [-0.2, 0) is 11.8 Å². The van der Waals surface area contributed by atoms with Crippen molar-refractivity contribution in [2.45, 2.75) is 38.6 Å². The van der Waals surface area contributed by atoms with Crippen molar-refractivity contribution in [2.24, 2.45) is 0 Å². The molecule has 0 saturated heterocycles. The SMILES string of the molecule is CC(C)(C)c1ccc(C2Cc3ccc(C#N)cc3N2)cc1. The predicted octanol–water partition coefficient (Wildman–Crippen LogP) is 4.57. The number of hydrogen-bond acceptors (Lipinski definition) is 2. The lowest BCUT2D eigenvalue weighted by Crippen LogP contribution is -2.12. The molecule has 1 atom stereocenters. The Labute approximate surface area is 126 Å². The summed E-state index contributed by atoms with van der Waals surface area (Å²) in [4.78, 5) is 0. The van der Waals surface area contributed by atoms with Crippen molar-refractivity contribution >= 4 is 5.69 Å². The van der Waals surface area contributed by atoms with Gasteiger partial charge in [0.05, 0.1) is 17.7 Å². The predicted molar refractivity (Wildman–Crippen MR) is 86.4 cm³/mol. The first-order chi connectivity index (χ1) is 9.97. The van der Waals surface area contributed by atoms with E-state index in [9.17, 15) is 0 Å². The van der Waals surface area contributed by atoms with Crippen molar-refractivity contribution in [2.75, 3.05) is 5.32 Å². The van der Waals surface area contributed by atoms with E-state index in [-0.39, 0.29) is 5.41 Å². The van der Waals surface area contributed by atoms with Crippen LogP contribution in [0.1, 0.15) is 49.1 Å². The number of benzene rings is 2. The Morgan fingerprint density at radius 1 is 1.10 bits per heavy atom. The molecule has 21 heavy (non-hydrogen) atoms. The molecule has 0 bridgehead atoms. The fourth-order valence-electron chi connectivity index (χ4n) is 2.83. The number of anilines is 1. The highest BCUT2D eigenvalue weighted by molar-refractivity contribution is 5.61. The Morgan fingerprint density at radius 3 is 2.43 bits per heavy atom. The van der Waals surface area contributed by atoms with Crippen LogP contribution in [0, 0.1) is 11.3 Å². The van der Waals surface area contributed by atoms with Gasteiger partial charge in [-0.05, 0) is 40.7 Å². The minimum atomic E-state index is 0.187. The minimum absolute atomic E-state index is 0.187. The highest BCUT2D eigenvalue weighted by atomic mass is 14.9. The molecule has 0 fully saturated rings. The highest BCUT2D eigenvalue weighted by Gasteiger charge is 2.22. The third kappa shape index (κ3) is 2.64. The van der Waals surface area contributed by atoms with Crippen molar-refractivity contribution in [3.63, 3.8) is 0 Å². The van der Waals surface area contributed by atoms with Crippen molar-refractivity contribution < 1.29 is 0 Å². The van der Waals surface area contributed by atoms with E-state index in [4.69, 9.17) is 5.26 Å². The van der Waals surface area contributed by atoms with Crippen LogP contribution in [-0.4, -0.2) is 0 Å². The summed E-state index contributed by atoms with van der Waals surface area (Å²) in [5.41, 5.74) is 5.95. The number of rotatable bonds is 1. The number of hydrogen-bond donors (Lipinski definition) is 1. The Morgan fingerprint density at radius 2 is 1.81 bits per heavy atom. The van der Waals surface area contributed by atoms with Gasteiger partial charge >= 0.3 is 0 Å². The summed E-state index contributed by atoms with van der Waals surface area (Å²) in [6.45, 7) is 6.69. The minimum Gasteiger partial charge on any atom is -0.378 e. The zero-order chi connectivity index (χ0) is 15.0. The summed E-state index contributed by atoms with van der Waals surface area (Å²) in [5, 5.41) is 12.5. The Balaban J connectivity index is 1.83. The van der Waals surface area contributed by atoms with Gasteiger partial charge in [0.1, 0.15) is 0 Å². The third-order valence-electron chi connectivity index (χ3n) is 4.17. The number of fused-ring (bicyclic) bond motifs is 1. The summed E-state index contributed by atoms with van der Waals surface area (Å²) < 4.78 is 0. The first-order valence-corrected chi connectivity index (χ1v) is 7.37. The maximum atomic E-state index is 8.98. The van der Waals surface area contributed by atoms with E-state index in [1.54, 1.807) is 0 Å². The molecule has 0 amide bonds. The second kappa shape index (κ2) is 4.93. The van der Waals surface area contributed by atoms with Crippen LogP contribution in [0.15, 0.2) is 42.5 Å². The molecule has 0 aliphatic carbocycles. The molecule has 1 aliphatic heterocycles. The highest BCUT2D eigenvalue weighted by Crippen LogP contribution is 2.35. The molecule has 1 heterocycles. The van der Waals surface area contributed by atoms with Gasteiger partial charge in [0.15, 0.2) is 0 Å². The molecule has 2 aromatic carbocycles. The second-order valence-corrected chi connectivity index (χ2v) is 6.76. The molecule has 0 radical (unpaired) electrons. The van der Waals surface area contributed by atoms with E-state index in [0.29, 0.717) is 11.6 Å². The van der Waals surface area contributed by atoms with Gasteiger partial charge in [0.25, 0.3) is 0 Å². The molecule has 2 nitrogen and oxygen atoms in total. The van der Waals surface area contributed by atoms with Crippen LogP contribution >= 0.6 is 0 Å². The third-order valence-corrected chi connectivity index (χ3v) is 4.17. The van der Waals surface area contributed by atoms with Crippen LogP contribution in [0.4, 0.5) is 5.69 Å². The second-order valence-electron chi connectivity index (χ2n) is 6.76. The van der Waals surface area contributed by atoms with E-state index in [1.165, 1.54) is 16.7 Å². The summed E-state index contributed by atoms with van der Waals surface area (Å²) in [7, 11) is 0. The fourth-order valence-corrected chi connectivity index (χ4v) is 2.83. The molecule has 3 rings (SSSR count). The summed E-state index contributed by atoms with van der Waals surface area (Å²) in [6, 6.07) is 17.3. The van der Waals surface area contributed by atoms with Crippen molar-refractivity contribution in [3.8, 4) is 6.07 Å². The standard InChI is InChI=1S/C19H20N2/c1-19(2,3)16-8-6-14(7-9-16)18-11-15-5-4-13(12-20)10-17(15)21-18/h4-10,18,21H,11H2,1-3H3. The number of nitrogens with one attached hydrogen (secondary N) is 1. The van der Waals surface area contributed by atoms with Gasteiger partial charge in [-0.2, -0.15) is 5.26 Å².